The van der Waals surface area contributed by atoms with E-state index in [0.717, 1.165) is 22.5 Å². The van der Waals surface area contributed by atoms with Gasteiger partial charge in [0, 0.05) is 41.8 Å². The number of anilines is 1. The number of aromatic nitrogens is 1. The summed E-state index contributed by atoms with van der Waals surface area (Å²) in [4.78, 5) is 42.6. The highest BCUT2D eigenvalue weighted by Gasteiger charge is 2.43. The van der Waals surface area contributed by atoms with Crippen molar-refractivity contribution in [3.05, 3.63) is 69.9 Å². The van der Waals surface area contributed by atoms with Crippen LogP contribution >= 0.6 is 0 Å². The van der Waals surface area contributed by atoms with Crippen molar-refractivity contribution < 1.29 is 14.5 Å². The van der Waals surface area contributed by atoms with Crippen LogP contribution in [0, 0.1) is 10.1 Å². The van der Waals surface area contributed by atoms with Gasteiger partial charge in [-0.2, -0.15) is 0 Å². The number of nitrogens with zero attached hydrogens (tertiary/aromatic N) is 3. The van der Waals surface area contributed by atoms with E-state index in [0.29, 0.717) is 18.8 Å². The van der Waals surface area contributed by atoms with Crippen LogP contribution < -0.4 is 4.90 Å². The van der Waals surface area contributed by atoms with Crippen molar-refractivity contribution in [1.29, 1.82) is 0 Å². The minimum absolute atomic E-state index is 0.0771. The zero-order valence-corrected chi connectivity index (χ0v) is 15.5. The number of carbonyl (C=O) groups excluding carboxylic acids is 2. The first-order valence-electron chi connectivity index (χ1n) is 9.46. The number of benzene rings is 2. The first-order chi connectivity index (χ1) is 14.0. The number of imide groups is 1. The van der Waals surface area contributed by atoms with Gasteiger partial charge < -0.3 is 4.98 Å². The van der Waals surface area contributed by atoms with E-state index < -0.39 is 11.0 Å². The van der Waals surface area contributed by atoms with Crippen molar-refractivity contribution >= 4 is 34.1 Å². The summed E-state index contributed by atoms with van der Waals surface area (Å²) < 4.78 is 0. The molecule has 0 bridgehead atoms. The smallest absolute Gasteiger partial charge is 0.269 e. The van der Waals surface area contributed by atoms with Crippen LogP contribution in [-0.4, -0.2) is 39.2 Å². The summed E-state index contributed by atoms with van der Waals surface area (Å²) >= 11 is 0. The Morgan fingerprint density at radius 3 is 2.59 bits per heavy atom. The topological polar surface area (TPSA) is 99.6 Å². The molecule has 2 aromatic carbocycles. The predicted molar refractivity (Wildman–Crippen MR) is 106 cm³/mol. The van der Waals surface area contributed by atoms with Crippen molar-refractivity contribution in [1.82, 2.24) is 9.88 Å². The fourth-order valence-electron chi connectivity index (χ4n) is 4.38. The molecule has 1 N–H and O–H groups in total. The molecule has 1 atom stereocenters. The molecular formula is C21H18N4O4. The molecule has 0 radical (unpaired) electrons. The molecule has 0 saturated carbocycles. The number of rotatable bonds is 3. The zero-order chi connectivity index (χ0) is 20.1. The second-order valence-corrected chi connectivity index (χ2v) is 7.41. The SMILES string of the molecule is O=C1CC(N2CCc3c([nH]c4ccccc34)C2)C(=O)N1c1ccc([N+](=O)[O-])cc1. The van der Waals surface area contributed by atoms with Crippen molar-refractivity contribution in [2.45, 2.75) is 25.4 Å². The quantitative estimate of drug-likeness (QED) is 0.421. The summed E-state index contributed by atoms with van der Waals surface area (Å²) in [5.41, 5.74) is 3.75. The van der Waals surface area contributed by atoms with Crippen LogP contribution in [0.5, 0.6) is 0 Å². The number of hydrogen-bond donors (Lipinski definition) is 1. The number of amides is 2. The second-order valence-electron chi connectivity index (χ2n) is 7.41. The second kappa shape index (κ2) is 6.52. The lowest BCUT2D eigenvalue weighted by Gasteiger charge is -2.30. The molecular weight excluding hydrogens is 372 g/mol. The Morgan fingerprint density at radius 1 is 1.07 bits per heavy atom. The molecule has 2 amide bonds. The average Bonchev–Trinajstić information content (AvgIpc) is 3.24. The van der Waals surface area contributed by atoms with Gasteiger partial charge in [-0.25, -0.2) is 4.90 Å². The van der Waals surface area contributed by atoms with Gasteiger partial charge in [-0.05, 0) is 30.2 Å². The number of nitro benzene ring substituents is 1. The maximum atomic E-state index is 13.0. The number of para-hydroxylation sites is 1. The third-order valence-electron chi connectivity index (χ3n) is 5.79. The number of H-pyrrole nitrogens is 1. The predicted octanol–water partition coefficient (Wildman–Crippen LogP) is 2.77. The minimum atomic E-state index is -0.516. The molecule has 0 spiro atoms. The molecule has 3 heterocycles. The summed E-state index contributed by atoms with van der Waals surface area (Å²) in [5.74, 6) is -0.556. The van der Waals surface area contributed by atoms with Crippen LogP contribution in [0.3, 0.4) is 0 Å². The highest BCUT2D eigenvalue weighted by Crippen LogP contribution is 2.32. The van der Waals surface area contributed by atoms with Crippen LogP contribution in [0.1, 0.15) is 17.7 Å². The summed E-state index contributed by atoms with van der Waals surface area (Å²) in [6, 6.07) is 13.1. The van der Waals surface area contributed by atoms with E-state index >= 15 is 0 Å². The molecule has 1 unspecified atom stereocenters. The van der Waals surface area contributed by atoms with Crippen LogP contribution in [0.4, 0.5) is 11.4 Å². The van der Waals surface area contributed by atoms with Gasteiger partial charge in [0.2, 0.25) is 5.91 Å². The third-order valence-corrected chi connectivity index (χ3v) is 5.79. The van der Waals surface area contributed by atoms with Gasteiger partial charge in [0.05, 0.1) is 23.1 Å². The number of fused-ring (bicyclic) bond motifs is 3. The fourth-order valence-corrected chi connectivity index (χ4v) is 4.38. The Morgan fingerprint density at radius 2 is 1.83 bits per heavy atom. The van der Waals surface area contributed by atoms with Crippen LogP contribution in [0.2, 0.25) is 0 Å². The lowest BCUT2D eigenvalue weighted by Crippen LogP contribution is -2.44. The van der Waals surface area contributed by atoms with E-state index in [9.17, 15) is 19.7 Å². The Balaban J connectivity index is 1.39. The average molecular weight is 390 g/mol. The number of carbonyl (C=O) groups is 2. The van der Waals surface area contributed by atoms with Gasteiger partial charge in [-0.3, -0.25) is 24.6 Å². The van der Waals surface area contributed by atoms with E-state index in [4.69, 9.17) is 0 Å². The Labute approximate surface area is 165 Å². The van der Waals surface area contributed by atoms with E-state index in [1.807, 2.05) is 23.1 Å². The number of nitro groups is 1. The van der Waals surface area contributed by atoms with Crippen molar-refractivity contribution in [2.24, 2.45) is 0 Å². The monoisotopic (exact) mass is 390 g/mol. The Kier molecular flexibility index (Phi) is 3.95. The largest absolute Gasteiger partial charge is 0.357 e. The van der Waals surface area contributed by atoms with Gasteiger partial charge in [-0.15, -0.1) is 0 Å². The first-order valence-corrected chi connectivity index (χ1v) is 9.46. The molecule has 2 aliphatic heterocycles. The van der Waals surface area contributed by atoms with Gasteiger partial charge in [-0.1, -0.05) is 18.2 Å². The van der Waals surface area contributed by atoms with E-state index in [-0.39, 0.29) is 23.9 Å². The van der Waals surface area contributed by atoms with Crippen molar-refractivity contribution in [3.8, 4) is 0 Å². The molecule has 1 fully saturated rings. The third kappa shape index (κ3) is 2.80. The molecule has 29 heavy (non-hydrogen) atoms. The van der Waals surface area contributed by atoms with Crippen LogP contribution in [0.25, 0.3) is 10.9 Å². The standard InChI is InChI=1S/C21H18N4O4/c26-20-11-19(21(27)24(20)13-5-7-14(8-6-13)25(28)29)23-10-9-16-15-3-1-2-4-17(15)22-18(16)12-23/h1-8,19,22H,9-12H2. The molecule has 1 aromatic heterocycles. The molecule has 0 aliphatic carbocycles. The van der Waals surface area contributed by atoms with E-state index in [1.54, 1.807) is 0 Å². The lowest BCUT2D eigenvalue weighted by molar-refractivity contribution is -0.384. The molecule has 1 saturated heterocycles. The van der Waals surface area contributed by atoms with Crippen LogP contribution in [-0.2, 0) is 22.6 Å². The maximum absolute atomic E-state index is 13.0. The van der Waals surface area contributed by atoms with Gasteiger partial charge in [0.25, 0.3) is 11.6 Å². The van der Waals surface area contributed by atoms with Crippen molar-refractivity contribution in [3.63, 3.8) is 0 Å². The Hall–Kier alpha value is -3.52. The van der Waals surface area contributed by atoms with E-state index in [1.165, 1.54) is 35.2 Å². The summed E-state index contributed by atoms with van der Waals surface area (Å²) in [7, 11) is 0. The zero-order valence-electron chi connectivity index (χ0n) is 15.5. The normalized spacial score (nSPS) is 19.7. The number of nitrogens with one attached hydrogen (secondary N) is 1. The Bertz CT molecular complexity index is 1150. The summed E-state index contributed by atoms with van der Waals surface area (Å²) in [6.45, 7) is 1.29. The highest BCUT2D eigenvalue weighted by atomic mass is 16.6. The summed E-state index contributed by atoms with van der Waals surface area (Å²) in [5, 5.41) is 12.0. The van der Waals surface area contributed by atoms with Gasteiger partial charge in [0.1, 0.15) is 0 Å². The molecule has 5 rings (SSSR count). The maximum Gasteiger partial charge on any atom is 0.269 e. The number of non-ortho nitro benzene ring substituents is 1. The van der Waals surface area contributed by atoms with Crippen molar-refractivity contribution in [2.75, 3.05) is 11.4 Å². The summed E-state index contributed by atoms with van der Waals surface area (Å²) in [6.07, 6.45) is 0.931. The first kappa shape index (κ1) is 17.6. The molecule has 8 heteroatoms. The number of hydrogen-bond acceptors (Lipinski definition) is 5. The fraction of sp³-hybridized carbons (Fsp3) is 0.238. The van der Waals surface area contributed by atoms with E-state index in [2.05, 4.69) is 11.1 Å². The number of aromatic amines is 1. The van der Waals surface area contributed by atoms with Crippen LogP contribution in [0.15, 0.2) is 48.5 Å². The van der Waals surface area contributed by atoms with Gasteiger partial charge >= 0.3 is 0 Å². The molecule has 2 aliphatic rings. The molecule has 3 aromatic rings. The van der Waals surface area contributed by atoms with Gasteiger partial charge in [0.15, 0.2) is 0 Å². The minimum Gasteiger partial charge on any atom is -0.357 e. The molecule has 146 valence electrons. The molecule has 8 nitrogen and oxygen atoms in total. The lowest BCUT2D eigenvalue weighted by atomic mass is 10.0. The highest BCUT2D eigenvalue weighted by molar-refractivity contribution is 6.22.